The number of benzene rings is 1. The number of H-pyrrole nitrogens is 1. The molecule has 0 spiro atoms. The van der Waals surface area contributed by atoms with Gasteiger partial charge in [0.1, 0.15) is 11.4 Å². The van der Waals surface area contributed by atoms with Gasteiger partial charge in [-0.05, 0) is 30.5 Å². The number of morpholine rings is 1. The molecule has 1 aromatic carbocycles. The Labute approximate surface area is 160 Å². The lowest BCUT2D eigenvalue weighted by molar-refractivity contribution is -0.0963. The topological polar surface area (TPSA) is 78.5 Å². The molecule has 0 radical (unpaired) electrons. The number of hydrogen-bond donors (Lipinski definition) is 2. The third-order valence-corrected chi connectivity index (χ3v) is 5.09. The van der Waals surface area contributed by atoms with Gasteiger partial charge in [0.05, 0.1) is 17.9 Å². The maximum absolute atomic E-state index is 13.1. The number of aromatic hydroxyl groups is 1. The van der Waals surface area contributed by atoms with Gasteiger partial charge in [-0.3, -0.25) is 9.89 Å². The van der Waals surface area contributed by atoms with Crippen LogP contribution in [0.15, 0.2) is 30.3 Å². The minimum absolute atomic E-state index is 0.0464. The molecule has 2 heterocycles. The summed E-state index contributed by atoms with van der Waals surface area (Å²) in [7, 11) is 0. The first-order valence-electron chi connectivity index (χ1n) is 9.78. The number of aromatic amines is 1. The smallest absolute Gasteiger partial charge is 0.272 e. The summed E-state index contributed by atoms with van der Waals surface area (Å²) in [5, 5.41) is 17.1. The number of hydrogen-bond acceptors (Lipinski definition) is 4. The van der Waals surface area contributed by atoms with Gasteiger partial charge >= 0.3 is 0 Å². The summed E-state index contributed by atoms with van der Waals surface area (Å²) in [6.45, 7) is 7.61. The van der Waals surface area contributed by atoms with Crippen molar-refractivity contribution in [1.82, 2.24) is 15.1 Å². The van der Waals surface area contributed by atoms with Gasteiger partial charge in [0.2, 0.25) is 0 Å². The van der Waals surface area contributed by atoms with Crippen LogP contribution in [-0.2, 0) is 4.74 Å². The molecule has 2 atom stereocenters. The molecule has 2 aromatic rings. The highest BCUT2D eigenvalue weighted by molar-refractivity contribution is 5.93. The second kappa shape index (κ2) is 8.57. The number of amides is 1. The molecule has 1 aliphatic rings. The Morgan fingerprint density at radius 1 is 1.37 bits per heavy atom. The van der Waals surface area contributed by atoms with Gasteiger partial charge < -0.3 is 14.7 Å². The van der Waals surface area contributed by atoms with E-state index < -0.39 is 0 Å². The van der Waals surface area contributed by atoms with Gasteiger partial charge in [-0.15, -0.1) is 0 Å². The minimum atomic E-state index is -0.0698. The number of carbonyl (C=O) groups excluding carboxylic acids is 1. The fourth-order valence-corrected chi connectivity index (χ4v) is 3.43. The number of carbonyl (C=O) groups is 1. The van der Waals surface area contributed by atoms with E-state index in [4.69, 9.17) is 4.74 Å². The van der Waals surface area contributed by atoms with E-state index in [1.807, 2.05) is 11.0 Å². The second-order valence-corrected chi connectivity index (χ2v) is 7.58. The molecule has 3 rings (SSSR count). The van der Waals surface area contributed by atoms with E-state index in [9.17, 15) is 9.90 Å². The quantitative estimate of drug-likeness (QED) is 0.809. The molecule has 2 N–H and O–H groups in total. The molecule has 1 fully saturated rings. The average molecular weight is 371 g/mol. The summed E-state index contributed by atoms with van der Waals surface area (Å²) in [5.41, 5.74) is 1.61. The molecule has 146 valence electrons. The standard InChI is InChI=1S/C21H29N3O3/c1-4-5-8-15-12-24(13-20(27-15)14(2)3)21(26)18-11-17(22-23-18)16-9-6-7-10-19(16)25/h6-7,9-11,14-15,20,25H,4-5,8,12-13H2,1-3H3,(H,22,23)/t15-,20-/m1/s1. The number of nitrogens with one attached hydrogen (secondary N) is 1. The van der Waals surface area contributed by atoms with Crippen molar-refractivity contribution in [3.05, 3.63) is 36.0 Å². The van der Waals surface area contributed by atoms with Crippen LogP contribution in [0.25, 0.3) is 11.3 Å². The number of aromatic nitrogens is 2. The van der Waals surface area contributed by atoms with Crippen LogP contribution >= 0.6 is 0 Å². The number of ether oxygens (including phenoxy) is 1. The van der Waals surface area contributed by atoms with Crippen LogP contribution in [0.3, 0.4) is 0 Å². The first-order valence-corrected chi connectivity index (χ1v) is 9.78. The van der Waals surface area contributed by atoms with Crippen LogP contribution in [0, 0.1) is 5.92 Å². The summed E-state index contributed by atoms with van der Waals surface area (Å²) in [5.74, 6) is 0.428. The fourth-order valence-electron chi connectivity index (χ4n) is 3.43. The molecule has 0 aliphatic carbocycles. The summed E-state index contributed by atoms with van der Waals surface area (Å²) >= 11 is 0. The number of nitrogens with zero attached hydrogens (tertiary/aromatic N) is 2. The molecule has 1 aromatic heterocycles. The van der Waals surface area contributed by atoms with Gasteiger partial charge in [-0.1, -0.05) is 45.7 Å². The molecule has 6 heteroatoms. The van der Waals surface area contributed by atoms with Crippen LogP contribution in [-0.4, -0.2) is 51.4 Å². The molecular weight excluding hydrogens is 342 g/mol. The highest BCUT2D eigenvalue weighted by atomic mass is 16.5. The first kappa shape index (κ1) is 19.4. The third kappa shape index (κ3) is 4.50. The van der Waals surface area contributed by atoms with Crippen LogP contribution < -0.4 is 0 Å². The van der Waals surface area contributed by atoms with Gasteiger partial charge in [0, 0.05) is 18.7 Å². The minimum Gasteiger partial charge on any atom is -0.507 e. The van der Waals surface area contributed by atoms with Crippen molar-refractivity contribution < 1.29 is 14.6 Å². The van der Waals surface area contributed by atoms with Crippen LogP contribution in [0.4, 0.5) is 0 Å². The van der Waals surface area contributed by atoms with E-state index in [2.05, 4.69) is 31.0 Å². The van der Waals surface area contributed by atoms with Crippen molar-refractivity contribution in [2.24, 2.45) is 5.92 Å². The van der Waals surface area contributed by atoms with E-state index in [0.717, 1.165) is 19.3 Å². The Bertz CT molecular complexity index is 772. The highest BCUT2D eigenvalue weighted by Crippen LogP contribution is 2.28. The molecule has 6 nitrogen and oxygen atoms in total. The first-order chi connectivity index (χ1) is 13.0. The highest BCUT2D eigenvalue weighted by Gasteiger charge is 2.33. The lowest BCUT2D eigenvalue weighted by Crippen LogP contribution is -2.51. The van der Waals surface area contributed by atoms with Crippen molar-refractivity contribution in [3.63, 3.8) is 0 Å². The molecule has 27 heavy (non-hydrogen) atoms. The van der Waals surface area contributed by atoms with Crippen molar-refractivity contribution in [1.29, 1.82) is 0 Å². The molecule has 1 saturated heterocycles. The van der Waals surface area contributed by atoms with E-state index in [1.165, 1.54) is 0 Å². The number of phenols is 1. The monoisotopic (exact) mass is 371 g/mol. The summed E-state index contributed by atoms with van der Waals surface area (Å²) in [4.78, 5) is 14.9. The van der Waals surface area contributed by atoms with Crippen LogP contribution in [0.2, 0.25) is 0 Å². The summed E-state index contributed by atoms with van der Waals surface area (Å²) in [6, 6.07) is 8.69. The van der Waals surface area contributed by atoms with Gasteiger partial charge in [0.25, 0.3) is 5.91 Å². The molecule has 0 unspecified atom stereocenters. The second-order valence-electron chi connectivity index (χ2n) is 7.58. The Balaban J connectivity index is 1.77. The zero-order valence-electron chi connectivity index (χ0n) is 16.3. The van der Waals surface area contributed by atoms with Crippen LogP contribution in [0.1, 0.15) is 50.5 Å². The average Bonchev–Trinajstić information content (AvgIpc) is 3.15. The van der Waals surface area contributed by atoms with Crippen molar-refractivity contribution in [3.8, 4) is 17.0 Å². The third-order valence-electron chi connectivity index (χ3n) is 5.09. The molecule has 1 aliphatic heterocycles. The normalized spacial score (nSPS) is 20.2. The maximum Gasteiger partial charge on any atom is 0.272 e. The Morgan fingerprint density at radius 3 is 2.85 bits per heavy atom. The van der Waals surface area contributed by atoms with Crippen molar-refractivity contribution >= 4 is 5.91 Å². The lowest BCUT2D eigenvalue weighted by Gasteiger charge is -2.39. The maximum atomic E-state index is 13.1. The molecule has 0 saturated carbocycles. The molecule has 0 bridgehead atoms. The Hall–Kier alpha value is -2.34. The van der Waals surface area contributed by atoms with Gasteiger partial charge in [-0.2, -0.15) is 5.10 Å². The van der Waals surface area contributed by atoms with E-state index in [-0.39, 0.29) is 23.9 Å². The molecule has 1 amide bonds. The predicted octanol–water partition coefficient (Wildman–Crippen LogP) is 3.84. The Morgan fingerprint density at radius 2 is 2.15 bits per heavy atom. The Kier molecular flexibility index (Phi) is 6.16. The van der Waals surface area contributed by atoms with Gasteiger partial charge in [0.15, 0.2) is 0 Å². The van der Waals surface area contributed by atoms with E-state index >= 15 is 0 Å². The SMILES string of the molecule is CCCC[C@@H]1CN(C(=O)c2cc(-c3ccccc3O)n[nH]2)C[C@H](C(C)C)O1. The zero-order valence-corrected chi connectivity index (χ0v) is 16.3. The zero-order chi connectivity index (χ0) is 19.4. The molecular formula is C21H29N3O3. The number of phenolic OH excluding ortho intramolecular Hbond substituents is 1. The van der Waals surface area contributed by atoms with Gasteiger partial charge in [-0.25, -0.2) is 0 Å². The largest absolute Gasteiger partial charge is 0.507 e. The number of unbranched alkanes of at least 4 members (excludes halogenated alkanes) is 1. The van der Waals surface area contributed by atoms with Crippen molar-refractivity contribution in [2.75, 3.05) is 13.1 Å². The predicted molar refractivity (Wildman–Crippen MR) is 105 cm³/mol. The van der Waals surface area contributed by atoms with Crippen LogP contribution in [0.5, 0.6) is 5.75 Å². The van der Waals surface area contributed by atoms with E-state index in [0.29, 0.717) is 36.0 Å². The fraction of sp³-hybridized carbons (Fsp3) is 0.524. The van der Waals surface area contributed by atoms with Crippen molar-refractivity contribution in [2.45, 2.75) is 52.2 Å². The lowest BCUT2D eigenvalue weighted by atomic mass is 10.0. The number of para-hydroxylation sites is 1. The summed E-state index contributed by atoms with van der Waals surface area (Å²) in [6.07, 6.45) is 3.31. The van der Waals surface area contributed by atoms with E-state index in [1.54, 1.807) is 24.3 Å². The number of rotatable bonds is 6. The summed E-state index contributed by atoms with van der Waals surface area (Å²) < 4.78 is 6.20.